The van der Waals surface area contributed by atoms with Crippen LogP contribution in [0.5, 0.6) is 11.5 Å². The molecule has 7 nitrogen and oxygen atoms in total. The summed E-state index contributed by atoms with van der Waals surface area (Å²) in [5, 5.41) is 10.4. The second kappa shape index (κ2) is 8.13. The number of aromatic nitrogens is 2. The molecule has 27 heavy (non-hydrogen) atoms. The normalized spacial score (nSPS) is 15.3. The van der Waals surface area contributed by atoms with Gasteiger partial charge >= 0.3 is 6.01 Å². The summed E-state index contributed by atoms with van der Waals surface area (Å²) >= 11 is 1.70. The van der Waals surface area contributed by atoms with Gasteiger partial charge in [0.2, 0.25) is 12.0 Å². The van der Waals surface area contributed by atoms with Crippen molar-refractivity contribution >= 4 is 23.7 Å². The molecule has 0 aliphatic carbocycles. The number of aryl methyl sites for hydroxylation is 1. The molecule has 2 heterocycles. The molecule has 1 aromatic heterocycles. The van der Waals surface area contributed by atoms with Crippen molar-refractivity contribution in [1.82, 2.24) is 10.2 Å². The molecular weight excluding hydrogens is 366 g/mol. The number of hydrogen-bond donors (Lipinski definition) is 1. The zero-order chi connectivity index (χ0) is 18.5. The van der Waals surface area contributed by atoms with E-state index >= 15 is 0 Å². The van der Waals surface area contributed by atoms with E-state index in [9.17, 15) is 4.79 Å². The Hall–Kier alpha value is -3.00. The van der Waals surface area contributed by atoms with Gasteiger partial charge in [-0.05, 0) is 24.3 Å². The van der Waals surface area contributed by atoms with Gasteiger partial charge in [-0.1, -0.05) is 35.4 Å². The lowest BCUT2D eigenvalue weighted by Crippen LogP contribution is -2.40. The van der Waals surface area contributed by atoms with E-state index in [0.29, 0.717) is 23.8 Å². The summed E-state index contributed by atoms with van der Waals surface area (Å²) in [6.07, 6.45) is -0.164. The Morgan fingerprint density at radius 3 is 2.70 bits per heavy atom. The molecule has 0 spiro atoms. The third-order valence-corrected chi connectivity index (χ3v) is 4.84. The Balaban J connectivity index is 1.28. The third kappa shape index (κ3) is 4.40. The Morgan fingerprint density at radius 2 is 1.85 bits per heavy atom. The highest BCUT2D eigenvalue weighted by molar-refractivity contribution is 7.99. The van der Waals surface area contributed by atoms with Crippen molar-refractivity contribution in [3.05, 3.63) is 60.5 Å². The average Bonchev–Trinajstić information content (AvgIpc) is 3.15. The summed E-state index contributed by atoms with van der Waals surface area (Å²) in [5.74, 6) is 2.04. The first-order chi connectivity index (χ1) is 13.3. The monoisotopic (exact) mass is 383 g/mol. The second-order valence-corrected chi connectivity index (χ2v) is 6.93. The zero-order valence-corrected chi connectivity index (χ0v) is 15.1. The van der Waals surface area contributed by atoms with Crippen molar-refractivity contribution in [1.29, 1.82) is 0 Å². The van der Waals surface area contributed by atoms with Crippen molar-refractivity contribution in [2.75, 3.05) is 17.7 Å². The Kier molecular flexibility index (Phi) is 5.24. The molecule has 3 aromatic rings. The molecule has 8 heteroatoms. The summed E-state index contributed by atoms with van der Waals surface area (Å²) in [5.41, 5.74) is 0. The van der Waals surface area contributed by atoms with Crippen LogP contribution in [-0.4, -0.2) is 34.6 Å². The number of anilines is 1. The molecule has 1 aliphatic heterocycles. The minimum atomic E-state index is -0.774. The van der Waals surface area contributed by atoms with Crippen LogP contribution in [0.2, 0.25) is 0 Å². The minimum absolute atomic E-state index is 0.0576. The molecule has 2 aromatic carbocycles. The van der Waals surface area contributed by atoms with Gasteiger partial charge < -0.3 is 13.9 Å². The molecule has 1 unspecified atom stereocenters. The first kappa shape index (κ1) is 17.4. The van der Waals surface area contributed by atoms with Gasteiger partial charge in [0.1, 0.15) is 6.61 Å². The fourth-order valence-electron chi connectivity index (χ4n) is 2.51. The fourth-order valence-corrected chi connectivity index (χ4v) is 3.37. The number of nitrogens with one attached hydrogen (secondary N) is 1. The minimum Gasteiger partial charge on any atom is -0.485 e. The van der Waals surface area contributed by atoms with Crippen molar-refractivity contribution in [2.24, 2.45) is 0 Å². The van der Waals surface area contributed by atoms with Crippen LogP contribution in [0.4, 0.5) is 6.01 Å². The Morgan fingerprint density at radius 1 is 1.07 bits per heavy atom. The second-order valence-electron chi connectivity index (χ2n) is 5.77. The number of ether oxygens (including phenoxy) is 2. The quantitative estimate of drug-likeness (QED) is 0.654. The largest absolute Gasteiger partial charge is 0.485 e. The first-order valence-electron chi connectivity index (χ1n) is 8.47. The number of hydrogen-bond acceptors (Lipinski definition) is 7. The molecule has 138 valence electrons. The Bertz CT molecular complexity index is 916. The SMILES string of the molecule is O=C(Nc1nnc(CCSc2ccccc2)o1)C1COc2ccccc2O1. The number of carbonyl (C=O) groups is 1. The van der Waals surface area contributed by atoms with Crippen molar-refractivity contribution < 1.29 is 18.7 Å². The maximum atomic E-state index is 12.3. The van der Waals surface area contributed by atoms with Crippen LogP contribution >= 0.6 is 11.8 Å². The van der Waals surface area contributed by atoms with Crippen molar-refractivity contribution in [3.63, 3.8) is 0 Å². The number of rotatable bonds is 6. The van der Waals surface area contributed by atoms with Gasteiger partial charge in [-0.2, -0.15) is 0 Å². The number of para-hydroxylation sites is 2. The van der Waals surface area contributed by atoms with Gasteiger partial charge in [0.25, 0.3) is 5.91 Å². The van der Waals surface area contributed by atoms with Crippen molar-refractivity contribution in [2.45, 2.75) is 17.4 Å². The van der Waals surface area contributed by atoms with Gasteiger partial charge in [0.05, 0.1) is 0 Å². The number of carbonyl (C=O) groups excluding carboxylic acids is 1. The van der Waals surface area contributed by atoms with Gasteiger partial charge in [0, 0.05) is 17.1 Å². The zero-order valence-electron chi connectivity index (χ0n) is 14.3. The summed E-state index contributed by atoms with van der Waals surface area (Å²) < 4.78 is 16.7. The topological polar surface area (TPSA) is 86.5 Å². The van der Waals surface area contributed by atoms with E-state index in [1.54, 1.807) is 23.9 Å². The van der Waals surface area contributed by atoms with E-state index < -0.39 is 12.0 Å². The fraction of sp³-hybridized carbons (Fsp3) is 0.211. The van der Waals surface area contributed by atoms with E-state index in [2.05, 4.69) is 27.6 Å². The van der Waals surface area contributed by atoms with Gasteiger partial charge in [-0.25, -0.2) is 0 Å². The van der Waals surface area contributed by atoms with Crippen LogP contribution in [0.3, 0.4) is 0 Å². The van der Waals surface area contributed by atoms with Crippen LogP contribution < -0.4 is 14.8 Å². The lowest BCUT2D eigenvalue weighted by molar-refractivity contribution is -0.125. The summed E-state index contributed by atoms with van der Waals surface area (Å²) in [7, 11) is 0. The van der Waals surface area contributed by atoms with Crippen LogP contribution in [0.25, 0.3) is 0 Å². The highest BCUT2D eigenvalue weighted by atomic mass is 32.2. The van der Waals surface area contributed by atoms with E-state index in [-0.39, 0.29) is 12.6 Å². The lowest BCUT2D eigenvalue weighted by atomic mass is 10.2. The van der Waals surface area contributed by atoms with Crippen LogP contribution in [-0.2, 0) is 11.2 Å². The molecule has 1 N–H and O–H groups in total. The summed E-state index contributed by atoms with van der Waals surface area (Å²) in [6, 6.07) is 17.3. The van der Waals surface area contributed by atoms with Crippen LogP contribution in [0.1, 0.15) is 5.89 Å². The molecule has 0 bridgehead atoms. The third-order valence-electron chi connectivity index (χ3n) is 3.83. The van der Waals surface area contributed by atoms with Crippen molar-refractivity contribution in [3.8, 4) is 11.5 Å². The highest BCUT2D eigenvalue weighted by Gasteiger charge is 2.28. The maximum Gasteiger partial charge on any atom is 0.322 e. The van der Waals surface area contributed by atoms with Crippen LogP contribution in [0.15, 0.2) is 63.9 Å². The van der Waals surface area contributed by atoms with E-state index in [0.717, 1.165) is 5.75 Å². The standard InChI is InChI=1S/C19H17N3O4S/c23-18(16-12-24-14-8-4-5-9-15(14)25-16)20-19-22-21-17(26-19)10-11-27-13-6-2-1-3-7-13/h1-9,16H,10-12H2,(H,20,22,23). The maximum absolute atomic E-state index is 12.3. The van der Waals surface area contributed by atoms with Crippen LogP contribution in [0, 0.1) is 0 Å². The average molecular weight is 383 g/mol. The van der Waals surface area contributed by atoms with Gasteiger partial charge in [-0.15, -0.1) is 16.9 Å². The highest BCUT2D eigenvalue weighted by Crippen LogP contribution is 2.31. The summed E-state index contributed by atoms with van der Waals surface area (Å²) in [6.45, 7) is 0.123. The molecule has 0 saturated heterocycles. The molecule has 0 radical (unpaired) electrons. The number of nitrogens with zero attached hydrogens (tertiary/aromatic N) is 2. The molecule has 0 saturated carbocycles. The Labute approximate surface area is 160 Å². The number of amides is 1. The number of fused-ring (bicyclic) bond motifs is 1. The molecule has 1 amide bonds. The molecule has 1 aliphatic rings. The predicted octanol–water partition coefficient (Wildman–Crippen LogP) is 3.18. The van der Waals surface area contributed by atoms with E-state index in [1.165, 1.54) is 4.90 Å². The molecule has 0 fully saturated rings. The first-order valence-corrected chi connectivity index (χ1v) is 9.46. The van der Waals surface area contributed by atoms with Gasteiger partial charge in [-0.3, -0.25) is 10.1 Å². The summed E-state index contributed by atoms with van der Waals surface area (Å²) in [4.78, 5) is 13.5. The number of thioether (sulfide) groups is 1. The molecule has 1 atom stereocenters. The number of benzene rings is 2. The molecular formula is C19H17N3O4S. The smallest absolute Gasteiger partial charge is 0.322 e. The van der Waals surface area contributed by atoms with E-state index in [1.807, 2.05) is 30.3 Å². The van der Waals surface area contributed by atoms with Gasteiger partial charge in [0.15, 0.2) is 11.5 Å². The predicted molar refractivity (Wildman–Crippen MR) is 100 cm³/mol. The van der Waals surface area contributed by atoms with E-state index in [4.69, 9.17) is 13.9 Å². The lowest BCUT2D eigenvalue weighted by Gasteiger charge is -2.24. The molecule has 4 rings (SSSR count).